The van der Waals surface area contributed by atoms with Gasteiger partial charge in [0.25, 0.3) is 0 Å². The third-order valence-electron chi connectivity index (χ3n) is 3.25. The SMILES string of the molecule is Nc1ccccc1CN(c1ncc(Cl)cn1)C1CC1. The molecule has 3 rings (SSSR count). The van der Waals surface area contributed by atoms with Gasteiger partial charge in [0.05, 0.1) is 17.4 Å². The molecule has 0 amide bonds. The molecule has 4 nitrogen and oxygen atoms in total. The van der Waals surface area contributed by atoms with Gasteiger partial charge in [-0.15, -0.1) is 0 Å². The molecule has 0 atom stereocenters. The largest absolute Gasteiger partial charge is 0.398 e. The van der Waals surface area contributed by atoms with Crippen LogP contribution in [0.2, 0.25) is 5.02 Å². The summed E-state index contributed by atoms with van der Waals surface area (Å²) < 4.78 is 0. The lowest BCUT2D eigenvalue weighted by Gasteiger charge is -2.23. The Morgan fingerprint density at radius 3 is 2.53 bits per heavy atom. The quantitative estimate of drug-likeness (QED) is 0.871. The zero-order valence-corrected chi connectivity index (χ0v) is 11.2. The van der Waals surface area contributed by atoms with Crippen LogP contribution in [-0.4, -0.2) is 16.0 Å². The molecule has 0 radical (unpaired) electrons. The fourth-order valence-electron chi connectivity index (χ4n) is 2.06. The van der Waals surface area contributed by atoms with Crippen LogP contribution in [-0.2, 0) is 6.54 Å². The maximum absolute atomic E-state index is 6.00. The second-order valence-electron chi connectivity index (χ2n) is 4.76. The van der Waals surface area contributed by atoms with Crippen molar-refractivity contribution in [2.45, 2.75) is 25.4 Å². The van der Waals surface area contributed by atoms with Crippen LogP contribution < -0.4 is 10.6 Å². The fourth-order valence-corrected chi connectivity index (χ4v) is 2.16. The number of hydrogen-bond donors (Lipinski definition) is 1. The Hall–Kier alpha value is -1.81. The van der Waals surface area contributed by atoms with E-state index in [4.69, 9.17) is 17.3 Å². The van der Waals surface area contributed by atoms with Gasteiger partial charge >= 0.3 is 0 Å². The third kappa shape index (κ3) is 2.79. The summed E-state index contributed by atoms with van der Waals surface area (Å²) in [7, 11) is 0. The molecular formula is C14H15ClN4. The molecule has 1 heterocycles. The van der Waals surface area contributed by atoms with E-state index in [1.54, 1.807) is 12.4 Å². The van der Waals surface area contributed by atoms with E-state index >= 15 is 0 Å². The van der Waals surface area contributed by atoms with Gasteiger partial charge in [-0.3, -0.25) is 0 Å². The molecule has 0 spiro atoms. The first kappa shape index (κ1) is 12.2. The average Bonchev–Trinajstić information content (AvgIpc) is 3.24. The normalized spacial score (nSPS) is 14.4. The number of hydrogen-bond acceptors (Lipinski definition) is 4. The lowest BCUT2D eigenvalue weighted by atomic mass is 10.1. The van der Waals surface area contributed by atoms with Gasteiger partial charge in [-0.25, -0.2) is 9.97 Å². The maximum Gasteiger partial charge on any atom is 0.225 e. The third-order valence-corrected chi connectivity index (χ3v) is 3.44. The predicted octanol–water partition coefficient (Wildman–Crippen LogP) is 2.88. The summed E-state index contributed by atoms with van der Waals surface area (Å²) in [5, 5.41) is 0.554. The summed E-state index contributed by atoms with van der Waals surface area (Å²) in [5.74, 6) is 0.718. The van der Waals surface area contributed by atoms with Crippen LogP contribution in [0.15, 0.2) is 36.7 Å². The summed E-state index contributed by atoms with van der Waals surface area (Å²) in [5.41, 5.74) is 7.92. The van der Waals surface area contributed by atoms with Crippen molar-refractivity contribution in [3.63, 3.8) is 0 Å². The Balaban J connectivity index is 1.86. The molecule has 0 saturated heterocycles. The summed E-state index contributed by atoms with van der Waals surface area (Å²) in [6.45, 7) is 0.735. The van der Waals surface area contributed by atoms with Gasteiger partial charge in [0, 0.05) is 18.3 Å². The Morgan fingerprint density at radius 2 is 1.89 bits per heavy atom. The number of anilines is 2. The van der Waals surface area contributed by atoms with E-state index in [2.05, 4.69) is 14.9 Å². The van der Waals surface area contributed by atoms with Crippen molar-refractivity contribution < 1.29 is 0 Å². The zero-order valence-electron chi connectivity index (χ0n) is 10.5. The molecule has 0 aliphatic heterocycles. The van der Waals surface area contributed by atoms with Crippen molar-refractivity contribution in [2.75, 3.05) is 10.6 Å². The van der Waals surface area contributed by atoms with E-state index in [9.17, 15) is 0 Å². The second kappa shape index (κ2) is 5.05. The van der Waals surface area contributed by atoms with Crippen LogP contribution in [0, 0.1) is 0 Å². The molecule has 1 aliphatic rings. The minimum atomic E-state index is 0.515. The lowest BCUT2D eigenvalue weighted by molar-refractivity contribution is 0.759. The monoisotopic (exact) mass is 274 g/mol. The summed E-state index contributed by atoms with van der Waals surface area (Å²) >= 11 is 5.83. The Labute approximate surface area is 117 Å². The number of aromatic nitrogens is 2. The van der Waals surface area contributed by atoms with E-state index < -0.39 is 0 Å². The van der Waals surface area contributed by atoms with Crippen LogP contribution in [0.25, 0.3) is 0 Å². The highest BCUT2D eigenvalue weighted by molar-refractivity contribution is 6.30. The molecule has 2 N–H and O–H groups in total. The van der Waals surface area contributed by atoms with Crippen molar-refractivity contribution >= 4 is 23.2 Å². The van der Waals surface area contributed by atoms with Crippen molar-refractivity contribution in [1.82, 2.24) is 9.97 Å². The summed E-state index contributed by atoms with van der Waals surface area (Å²) in [4.78, 5) is 10.8. The van der Waals surface area contributed by atoms with Gasteiger partial charge < -0.3 is 10.6 Å². The molecule has 2 aromatic rings. The van der Waals surface area contributed by atoms with Crippen LogP contribution in [0.4, 0.5) is 11.6 Å². The van der Waals surface area contributed by atoms with Crippen LogP contribution in [0.5, 0.6) is 0 Å². The number of benzene rings is 1. The second-order valence-corrected chi connectivity index (χ2v) is 5.20. The molecule has 19 heavy (non-hydrogen) atoms. The van der Waals surface area contributed by atoms with Gasteiger partial charge in [0.1, 0.15) is 0 Å². The van der Waals surface area contributed by atoms with Gasteiger partial charge in [-0.05, 0) is 24.5 Å². The van der Waals surface area contributed by atoms with Crippen molar-refractivity contribution in [1.29, 1.82) is 0 Å². The number of para-hydroxylation sites is 1. The van der Waals surface area contributed by atoms with Crippen molar-refractivity contribution in [3.8, 4) is 0 Å². The van der Waals surface area contributed by atoms with E-state index in [1.807, 2.05) is 24.3 Å². The molecule has 1 fully saturated rings. The number of rotatable bonds is 4. The molecule has 1 saturated carbocycles. The van der Waals surface area contributed by atoms with Gasteiger partial charge in [-0.2, -0.15) is 0 Å². The minimum absolute atomic E-state index is 0.515. The van der Waals surface area contributed by atoms with Gasteiger partial charge in [0.2, 0.25) is 5.95 Å². The van der Waals surface area contributed by atoms with Gasteiger partial charge in [-0.1, -0.05) is 29.8 Å². The van der Waals surface area contributed by atoms with Gasteiger partial charge in [0.15, 0.2) is 0 Å². The first-order valence-electron chi connectivity index (χ1n) is 6.31. The lowest BCUT2D eigenvalue weighted by Crippen LogP contribution is -2.27. The predicted molar refractivity (Wildman–Crippen MR) is 77.1 cm³/mol. The summed E-state index contributed by atoms with van der Waals surface area (Å²) in [6, 6.07) is 8.42. The maximum atomic E-state index is 6.00. The minimum Gasteiger partial charge on any atom is -0.398 e. The number of halogens is 1. The highest BCUT2D eigenvalue weighted by Gasteiger charge is 2.31. The molecule has 98 valence electrons. The van der Waals surface area contributed by atoms with Crippen LogP contribution in [0.1, 0.15) is 18.4 Å². The molecule has 1 aromatic heterocycles. The molecule has 0 unspecified atom stereocenters. The van der Waals surface area contributed by atoms with Crippen molar-refractivity contribution in [2.24, 2.45) is 0 Å². The topological polar surface area (TPSA) is 55.0 Å². The average molecular weight is 275 g/mol. The Bertz CT molecular complexity index is 566. The number of nitrogens with two attached hydrogens (primary N) is 1. The molecule has 1 aromatic carbocycles. The first-order valence-corrected chi connectivity index (χ1v) is 6.69. The number of nitrogens with zero attached hydrogens (tertiary/aromatic N) is 3. The standard InChI is InChI=1S/C14H15ClN4/c15-11-7-17-14(18-8-11)19(12-5-6-12)9-10-3-1-2-4-13(10)16/h1-4,7-8,12H,5-6,9,16H2. The smallest absolute Gasteiger partial charge is 0.225 e. The van der Waals surface area contributed by atoms with E-state index in [0.29, 0.717) is 11.1 Å². The van der Waals surface area contributed by atoms with E-state index in [1.165, 1.54) is 12.8 Å². The molecular weight excluding hydrogens is 260 g/mol. The van der Waals surface area contributed by atoms with Crippen LogP contribution in [0.3, 0.4) is 0 Å². The van der Waals surface area contributed by atoms with Crippen molar-refractivity contribution in [3.05, 3.63) is 47.2 Å². The van der Waals surface area contributed by atoms with Crippen LogP contribution >= 0.6 is 11.6 Å². The molecule has 1 aliphatic carbocycles. The molecule has 0 bridgehead atoms. The van der Waals surface area contributed by atoms with E-state index in [0.717, 1.165) is 23.7 Å². The fraction of sp³-hybridized carbons (Fsp3) is 0.286. The zero-order chi connectivity index (χ0) is 13.2. The Kier molecular flexibility index (Phi) is 3.25. The number of nitrogen functional groups attached to an aromatic ring is 1. The highest BCUT2D eigenvalue weighted by atomic mass is 35.5. The van der Waals surface area contributed by atoms with E-state index in [-0.39, 0.29) is 0 Å². The highest BCUT2D eigenvalue weighted by Crippen LogP contribution is 2.32. The Morgan fingerprint density at radius 1 is 1.21 bits per heavy atom. The first-order chi connectivity index (χ1) is 9.24. The molecule has 5 heteroatoms. The summed E-state index contributed by atoms with van der Waals surface area (Å²) in [6.07, 6.45) is 5.62.